The molecule has 0 aliphatic carbocycles. The molecule has 2 aliphatic heterocycles. The number of rotatable bonds is 8. The summed E-state index contributed by atoms with van der Waals surface area (Å²) in [6, 6.07) is 27.2. The maximum Gasteiger partial charge on any atom is 3.00 e. The third-order valence-corrected chi connectivity index (χ3v) is 13.7. The molecule has 19 nitrogen and oxygen atoms in total. The van der Waals surface area contributed by atoms with Gasteiger partial charge in [-0.15, -0.1) is 22.1 Å². The van der Waals surface area contributed by atoms with Crippen LogP contribution in [0.5, 0.6) is 0 Å². The van der Waals surface area contributed by atoms with E-state index in [-0.39, 0.29) is 45.1 Å². The van der Waals surface area contributed by atoms with Gasteiger partial charge in [-0.2, -0.15) is 0 Å². The van der Waals surface area contributed by atoms with E-state index in [0.29, 0.717) is 89.4 Å². The molecule has 24 heteroatoms. The molecule has 9 N–H and O–H groups in total. The van der Waals surface area contributed by atoms with Crippen LogP contribution >= 0.6 is 0 Å². The fraction of sp³-hybridized carbons (Fsp3) is 0. The fourth-order valence-electron chi connectivity index (χ4n) is 7.42. The minimum atomic E-state index is -4.82. The summed E-state index contributed by atoms with van der Waals surface area (Å²) >= 11 is 0. The van der Waals surface area contributed by atoms with Crippen LogP contribution in [0.1, 0.15) is 27.1 Å². The van der Waals surface area contributed by atoms with Crippen molar-refractivity contribution in [3.8, 4) is 44.5 Å². The zero-order chi connectivity index (χ0) is 45.3. The Morgan fingerprint density at radius 3 is 0.779 bits per heavy atom. The molecule has 4 aromatic carbocycles. The van der Waals surface area contributed by atoms with Gasteiger partial charge in [0.1, 0.15) is 40.5 Å². The maximum atomic E-state index is 11.9. The second kappa shape index (κ2) is 19.4. The summed E-state index contributed by atoms with van der Waals surface area (Å²) in [6.45, 7) is 0. The molecule has 0 amide bonds. The molecule has 0 spiro atoms. The van der Waals surface area contributed by atoms with E-state index in [0.717, 1.165) is 48.5 Å². The minimum absolute atomic E-state index is 0. The fourth-order valence-corrected chi connectivity index (χ4v) is 9.30. The van der Waals surface area contributed by atoms with Gasteiger partial charge < -0.3 is 46.6 Å². The van der Waals surface area contributed by atoms with Crippen LogP contribution in [-0.4, -0.2) is 61.9 Å². The van der Waals surface area contributed by atoms with E-state index < -0.39 is 60.1 Å². The summed E-state index contributed by atoms with van der Waals surface area (Å²) in [7, 11) is -19.3. The Labute approximate surface area is 409 Å². The van der Waals surface area contributed by atoms with Gasteiger partial charge in [-0.25, -0.2) is 43.6 Å². The van der Waals surface area contributed by atoms with Crippen molar-refractivity contribution in [2.45, 2.75) is 19.6 Å². The Balaban J connectivity index is 0.00000247. The van der Waals surface area contributed by atoms with Crippen LogP contribution < -0.4 is 28.4 Å². The first-order chi connectivity index (χ1) is 30.2. The summed E-state index contributed by atoms with van der Waals surface area (Å²) < 4.78 is 143. The molecule has 3 aromatic heterocycles. The molecule has 7 aromatic rings. The van der Waals surface area contributed by atoms with Gasteiger partial charge in [-0.05, 0) is 112 Å². The van der Waals surface area contributed by atoms with E-state index in [4.69, 9.17) is 19.9 Å². The second-order valence-corrected chi connectivity index (χ2v) is 19.8. The van der Waals surface area contributed by atoms with Crippen LogP contribution in [0.4, 0.5) is 0 Å². The number of aromatic nitrogens is 4. The number of hydrogen-bond donors (Lipinski definition) is 3. The smallest absolute Gasteiger partial charge is 0.744 e. The van der Waals surface area contributed by atoms with Gasteiger partial charge in [-0.1, -0.05) is 72.8 Å². The molecule has 0 unspecified atom stereocenters. The standard InChI is InChI=1S/C44H28N4O12S4.Au.3H3N/c49-61(50,51)29-9-1-25(2-10-29)41-33-17-19-35(45-33)42(26-3-11-30(12-4-26)62(52,53)54)37-21-23-39(47-37)44(28-7-15-32(16-8-28)64(58,59)60)40-24-22-38(48-40)43(36-20-18-34(41)46-36)27-5-13-31(14-6-27)63(55,56)57;;;;/h1-24H,(H,49,50,51)(H,52,53,54)(H,55,56,57)(H,58,59,60);;3*1H3/q-2;+3;;;/p-1. The van der Waals surface area contributed by atoms with E-state index in [1.807, 2.05) is 0 Å². The topological polar surface area (TPSA) is 388 Å². The van der Waals surface area contributed by atoms with Gasteiger partial charge in [0.05, 0.1) is 42.4 Å². The van der Waals surface area contributed by atoms with Crippen LogP contribution in [0.2, 0.25) is 0 Å². The van der Waals surface area contributed by atoms with Crippen molar-refractivity contribution in [2.75, 3.05) is 0 Å². The summed E-state index contributed by atoms with van der Waals surface area (Å²) in [5, 5.41) is 0. The largest absolute Gasteiger partial charge is 3.00 e. The van der Waals surface area contributed by atoms with Crippen molar-refractivity contribution >= 4 is 86.8 Å². The molecule has 9 rings (SSSR count). The molecule has 0 atom stereocenters. The third-order valence-electron chi connectivity index (χ3n) is 10.3. The van der Waals surface area contributed by atoms with Crippen LogP contribution in [0.25, 0.3) is 90.9 Å². The van der Waals surface area contributed by atoms with E-state index in [9.17, 15) is 51.9 Å². The second-order valence-electron chi connectivity index (χ2n) is 14.3. The van der Waals surface area contributed by atoms with E-state index in [1.165, 1.54) is 48.5 Å². The van der Waals surface area contributed by atoms with Crippen molar-refractivity contribution in [3.63, 3.8) is 0 Å². The van der Waals surface area contributed by atoms with Gasteiger partial charge in [0.15, 0.2) is 0 Å². The molecule has 8 bridgehead atoms. The first-order valence-electron chi connectivity index (χ1n) is 18.5. The Hall–Kier alpha value is -6.26. The average Bonchev–Trinajstić information content (AvgIpc) is 4.08. The van der Waals surface area contributed by atoms with Crippen molar-refractivity contribution in [3.05, 3.63) is 144 Å². The average molecular weight is 1180 g/mol. The zero-order valence-corrected chi connectivity index (χ0v) is 40.0. The molecule has 68 heavy (non-hydrogen) atoms. The molecular formula is C44H36AuN7O12S4. The van der Waals surface area contributed by atoms with Gasteiger partial charge in [0.25, 0.3) is 0 Å². The van der Waals surface area contributed by atoms with Gasteiger partial charge >= 0.3 is 26.7 Å². The number of fused-ring (bicyclic) bond motifs is 8. The van der Waals surface area contributed by atoms with Crippen molar-refractivity contribution < 1.29 is 78.5 Å². The van der Waals surface area contributed by atoms with E-state index >= 15 is 0 Å². The molecule has 0 radical (unpaired) electrons. The normalized spacial score (nSPS) is 12.3. The van der Waals surface area contributed by atoms with Crippen LogP contribution in [-0.2, 0) is 62.9 Å². The molecule has 0 saturated carbocycles. The minimum Gasteiger partial charge on any atom is -0.744 e. The zero-order valence-electron chi connectivity index (χ0n) is 37.6. The van der Waals surface area contributed by atoms with Crippen LogP contribution in [0.15, 0.2) is 141 Å². The summed E-state index contributed by atoms with van der Waals surface area (Å²) in [4.78, 5) is 18.0. The quantitative estimate of drug-likeness (QED) is 0.102. The summed E-state index contributed by atoms with van der Waals surface area (Å²) in [5.41, 5.74) is 5.63. The van der Waals surface area contributed by atoms with Crippen LogP contribution in [0.3, 0.4) is 0 Å². The number of hydrogen-bond acceptors (Lipinski definition) is 17. The van der Waals surface area contributed by atoms with Crippen molar-refractivity contribution in [2.24, 2.45) is 0 Å². The predicted octanol–water partition coefficient (Wildman–Crippen LogP) is 7.02. The van der Waals surface area contributed by atoms with Gasteiger partial charge in [0.2, 0.25) is 0 Å². The molecule has 0 fully saturated rings. The monoisotopic (exact) mass is 1180 g/mol. The molecular weight excluding hydrogens is 1140 g/mol. The Bertz CT molecular complexity index is 3650. The van der Waals surface area contributed by atoms with Crippen LogP contribution in [0, 0.1) is 0 Å². The van der Waals surface area contributed by atoms with Crippen molar-refractivity contribution in [1.82, 2.24) is 38.4 Å². The molecule has 5 heterocycles. The molecule has 2 aliphatic rings. The number of benzene rings is 4. The number of nitrogens with zero attached hydrogens (tertiary/aromatic N) is 4. The SMILES string of the molecule is N.N.N.O=S(=O)([O-])c1ccc(-c2c3nc(c(-c4ccc(S(=O)(=O)[O-])cc4)c4ccc([n-]4)c(-c4ccc(S(=O)(=O)[O-])cc4)c4ccc([n-]4)c(-c4ccc(S(=O)(=O)[O-])cc4)c4nc2C=C4)C=C3)cc1.[Au+3].[H+].[H+].[H+]. The Morgan fingerprint density at radius 2 is 0.529 bits per heavy atom. The Kier molecular flexibility index (Phi) is 15.0. The summed E-state index contributed by atoms with van der Waals surface area (Å²) in [5.74, 6) is 0. The van der Waals surface area contributed by atoms with Crippen molar-refractivity contribution in [1.29, 1.82) is 0 Å². The van der Waals surface area contributed by atoms with Gasteiger partial charge in [0, 0.05) is 5.56 Å². The van der Waals surface area contributed by atoms with E-state index in [2.05, 4.69) is 0 Å². The molecule has 354 valence electrons. The summed E-state index contributed by atoms with van der Waals surface area (Å²) in [6.07, 6.45) is 6.65. The predicted molar refractivity (Wildman–Crippen MR) is 249 cm³/mol. The molecule has 0 saturated heterocycles. The maximum absolute atomic E-state index is 11.9. The Morgan fingerprint density at radius 1 is 0.324 bits per heavy atom. The first kappa shape index (κ1) is 52.7. The van der Waals surface area contributed by atoms with E-state index in [1.54, 1.807) is 48.6 Å². The first-order valence-corrected chi connectivity index (χ1v) is 24.2. The van der Waals surface area contributed by atoms with Gasteiger partial charge in [-0.3, -0.25) is 0 Å². The third kappa shape index (κ3) is 10.3.